The van der Waals surface area contributed by atoms with E-state index in [9.17, 15) is 0 Å². The third-order valence-electron chi connectivity index (χ3n) is 7.80. The molecule has 2 aromatic heterocycles. The number of hydrogen-bond acceptors (Lipinski definition) is 4. The highest BCUT2D eigenvalue weighted by Crippen LogP contribution is 2.30. The lowest BCUT2D eigenvalue weighted by Crippen LogP contribution is -2.40. The van der Waals surface area contributed by atoms with Crippen molar-refractivity contribution in [2.45, 2.75) is 76.8 Å². The molecule has 0 spiro atoms. The number of nitrogens with zero attached hydrogens (tertiary/aromatic N) is 5. The molecule has 0 amide bonds. The first kappa shape index (κ1) is 22.8. The van der Waals surface area contributed by atoms with E-state index in [1.54, 1.807) is 0 Å². The Bertz CT molecular complexity index is 1200. The minimum atomic E-state index is 0.566. The lowest BCUT2D eigenvalue weighted by molar-refractivity contribution is 0.135. The highest BCUT2D eigenvalue weighted by Gasteiger charge is 2.24. The van der Waals surface area contributed by atoms with Crippen LogP contribution in [-0.4, -0.2) is 49.2 Å². The molecular weight excluding hydrogens is 420 g/mol. The first-order chi connectivity index (χ1) is 16.6. The van der Waals surface area contributed by atoms with E-state index in [-0.39, 0.29) is 0 Å². The van der Waals surface area contributed by atoms with E-state index in [2.05, 4.69) is 76.6 Å². The van der Waals surface area contributed by atoms with Crippen LogP contribution in [0.2, 0.25) is 0 Å². The summed E-state index contributed by atoms with van der Waals surface area (Å²) in [5.74, 6) is 0.566. The minimum absolute atomic E-state index is 0.566. The second kappa shape index (κ2) is 10.1. The molecule has 1 fully saturated rings. The van der Waals surface area contributed by atoms with Crippen molar-refractivity contribution in [3.8, 4) is 17.1 Å². The number of benzene rings is 2. The number of hydrogen-bond donors (Lipinski definition) is 1. The van der Waals surface area contributed by atoms with E-state index in [0.29, 0.717) is 12.0 Å². The number of H-pyrrole nitrogens is 1. The van der Waals surface area contributed by atoms with Crippen molar-refractivity contribution in [3.63, 3.8) is 0 Å². The van der Waals surface area contributed by atoms with Gasteiger partial charge in [-0.15, -0.1) is 5.10 Å². The number of fused-ring (bicyclic) bond motifs is 1. The van der Waals surface area contributed by atoms with Gasteiger partial charge in [0, 0.05) is 17.5 Å². The van der Waals surface area contributed by atoms with E-state index < -0.39 is 0 Å². The normalized spacial score (nSPS) is 16.8. The average molecular weight is 457 g/mol. The standard InChI is InChI=1S/C28H36N6/c1-4-21(18-20(2)33(3)23-10-6-5-7-11-23)22-14-16-24(17-15-22)34-19-27(30-32-34)28-25-12-8-9-13-26(25)29-31-28/h8-9,12-17,19-21,23H,4-7,10-11,18H2,1-3H3,(H,29,31)/t20-,21?/m0/s1. The van der Waals surface area contributed by atoms with Gasteiger partial charge in [0.1, 0.15) is 11.4 Å². The van der Waals surface area contributed by atoms with Crippen molar-refractivity contribution in [2.24, 2.45) is 0 Å². The van der Waals surface area contributed by atoms with Gasteiger partial charge in [0.2, 0.25) is 0 Å². The molecule has 0 saturated heterocycles. The van der Waals surface area contributed by atoms with Crippen molar-refractivity contribution in [1.29, 1.82) is 0 Å². The van der Waals surface area contributed by atoms with E-state index in [1.807, 2.05) is 29.1 Å². The molecule has 1 aliphatic carbocycles. The maximum absolute atomic E-state index is 4.45. The lowest BCUT2D eigenvalue weighted by Gasteiger charge is -2.37. The number of rotatable bonds is 8. The topological polar surface area (TPSA) is 62.6 Å². The Morgan fingerprint density at radius 3 is 2.59 bits per heavy atom. The molecule has 0 bridgehead atoms. The highest BCUT2D eigenvalue weighted by molar-refractivity contribution is 5.91. The summed E-state index contributed by atoms with van der Waals surface area (Å²) in [4.78, 5) is 2.64. The predicted octanol–water partition coefficient (Wildman–Crippen LogP) is 6.35. The third kappa shape index (κ3) is 4.64. The molecule has 6 nitrogen and oxygen atoms in total. The Morgan fingerprint density at radius 1 is 1.06 bits per heavy atom. The number of aromatic nitrogens is 5. The molecule has 2 aromatic carbocycles. The fourth-order valence-corrected chi connectivity index (χ4v) is 5.52. The number of aromatic amines is 1. The van der Waals surface area contributed by atoms with Crippen LogP contribution < -0.4 is 0 Å². The SMILES string of the molecule is CCC(C[C@H](C)N(C)C1CCCCC1)c1ccc(-n2cc(-c3n[nH]c4ccccc34)nn2)cc1. The van der Waals surface area contributed by atoms with Crippen molar-refractivity contribution in [2.75, 3.05) is 7.05 Å². The zero-order valence-corrected chi connectivity index (χ0v) is 20.6. The summed E-state index contributed by atoms with van der Waals surface area (Å²) in [6, 6.07) is 18.3. The maximum Gasteiger partial charge on any atom is 0.134 e. The smallest absolute Gasteiger partial charge is 0.134 e. The van der Waals surface area contributed by atoms with Gasteiger partial charge in [-0.05, 0) is 69.3 Å². The second-order valence-corrected chi connectivity index (χ2v) is 9.90. The van der Waals surface area contributed by atoms with E-state index in [1.165, 1.54) is 44.1 Å². The predicted molar refractivity (Wildman–Crippen MR) is 138 cm³/mol. The molecule has 1 saturated carbocycles. The molecule has 4 aromatic rings. The summed E-state index contributed by atoms with van der Waals surface area (Å²) < 4.78 is 1.84. The van der Waals surface area contributed by atoms with Gasteiger partial charge < -0.3 is 4.90 Å². The van der Waals surface area contributed by atoms with Crippen LogP contribution in [0.3, 0.4) is 0 Å². The monoisotopic (exact) mass is 456 g/mol. The molecule has 1 unspecified atom stereocenters. The van der Waals surface area contributed by atoms with Crippen LogP contribution in [0.1, 0.15) is 70.3 Å². The quantitative estimate of drug-likeness (QED) is 0.336. The van der Waals surface area contributed by atoms with Crippen molar-refractivity contribution < 1.29 is 0 Å². The average Bonchev–Trinajstić information content (AvgIpc) is 3.55. The fourth-order valence-electron chi connectivity index (χ4n) is 5.52. The fraction of sp³-hybridized carbons (Fsp3) is 0.464. The Kier molecular flexibility index (Phi) is 6.77. The maximum atomic E-state index is 4.45. The van der Waals surface area contributed by atoms with Gasteiger partial charge in [-0.2, -0.15) is 5.10 Å². The van der Waals surface area contributed by atoms with Crippen LogP contribution in [0.5, 0.6) is 0 Å². The van der Waals surface area contributed by atoms with Gasteiger partial charge in [0.25, 0.3) is 0 Å². The lowest BCUT2D eigenvalue weighted by atomic mass is 9.88. The molecule has 2 atom stereocenters. The molecule has 34 heavy (non-hydrogen) atoms. The van der Waals surface area contributed by atoms with Gasteiger partial charge in [-0.3, -0.25) is 5.10 Å². The van der Waals surface area contributed by atoms with Crippen LogP contribution in [-0.2, 0) is 0 Å². The summed E-state index contributed by atoms with van der Waals surface area (Å²) >= 11 is 0. The third-order valence-corrected chi connectivity index (χ3v) is 7.80. The van der Waals surface area contributed by atoms with E-state index >= 15 is 0 Å². The van der Waals surface area contributed by atoms with Crippen LogP contribution in [0.25, 0.3) is 28.0 Å². The van der Waals surface area contributed by atoms with Crippen molar-refractivity contribution >= 4 is 10.9 Å². The van der Waals surface area contributed by atoms with Gasteiger partial charge in [0.15, 0.2) is 0 Å². The zero-order valence-electron chi connectivity index (χ0n) is 20.6. The Morgan fingerprint density at radius 2 is 1.82 bits per heavy atom. The Labute approximate surface area is 202 Å². The van der Waals surface area contributed by atoms with Crippen LogP contribution in [0.15, 0.2) is 54.7 Å². The summed E-state index contributed by atoms with van der Waals surface area (Å²) in [6.07, 6.45) is 11.2. The van der Waals surface area contributed by atoms with Crippen molar-refractivity contribution in [3.05, 3.63) is 60.3 Å². The first-order valence-corrected chi connectivity index (χ1v) is 12.8. The summed E-state index contributed by atoms with van der Waals surface area (Å²) in [7, 11) is 2.33. The molecular formula is C28H36N6. The Balaban J connectivity index is 1.28. The highest BCUT2D eigenvalue weighted by atomic mass is 15.4. The van der Waals surface area contributed by atoms with E-state index in [0.717, 1.165) is 40.4 Å². The summed E-state index contributed by atoms with van der Waals surface area (Å²) in [6.45, 7) is 4.71. The van der Waals surface area contributed by atoms with Crippen LogP contribution >= 0.6 is 0 Å². The van der Waals surface area contributed by atoms with Crippen LogP contribution in [0, 0.1) is 0 Å². The number of nitrogens with one attached hydrogen (secondary N) is 1. The molecule has 6 heteroatoms. The Hall–Kier alpha value is -2.99. The molecule has 0 aliphatic heterocycles. The van der Waals surface area contributed by atoms with Gasteiger partial charge >= 0.3 is 0 Å². The van der Waals surface area contributed by atoms with E-state index in [4.69, 9.17) is 0 Å². The van der Waals surface area contributed by atoms with Gasteiger partial charge in [-0.1, -0.05) is 61.7 Å². The molecule has 5 rings (SSSR count). The molecule has 1 N–H and O–H groups in total. The first-order valence-electron chi connectivity index (χ1n) is 12.8. The zero-order chi connectivity index (χ0) is 23.5. The number of para-hydroxylation sites is 1. The molecule has 2 heterocycles. The van der Waals surface area contributed by atoms with Gasteiger partial charge in [0.05, 0.1) is 17.4 Å². The van der Waals surface area contributed by atoms with Gasteiger partial charge in [-0.25, -0.2) is 4.68 Å². The minimum Gasteiger partial charge on any atom is -0.301 e. The molecule has 178 valence electrons. The molecule has 1 aliphatic rings. The summed E-state index contributed by atoms with van der Waals surface area (Å²) in [5.41, 5.74) is 5.04. The van der Waals surface area contributed by atoms with Crippen molar-refractivity contribution in [1.82, 2.24) is 30.1 Å². The van der Waals surface area contributed by atoms with Crippen LogP contribution in [0.4, 0.5) is 0 Å². The largest absolute Gasteiger partial charge is 0.301 e. The second-order valence-electron chi connectivity index (χ2n) is 9.90. The molecule has 0 radical (unpaired) electrons. The summed E-state index contributed by atoms with van der Waals surface area (Å²) in [5, 5.41) is 17.3.